The van der Waals surface area contributed by atoms with Gasteiger partial charge in [0.25, 0.3) is 11.1 Å². The molecule has 0 spiro atoms. The van der Waals surface area contributed by atoms with Crippen molar-refractivity contribution in [3.05, 3.63) is 75.9 Å². The van der Waals surface area contributed by atoms with Gasteiger partial charge in [0.15, 0.2) is 11.5 Å². The monoisotopic (exact) mass is 433 g/mol. The van der Waals surface area contributed by atoms with Crippen molar-refractivity contribution in [1.29, 1.82) is 0 Å². The Kier molecular flexibility index (Phi) is 6.61. The van der Waals surface area contributed by atoms with Crippen LogP contribution in [0.1, 0.15) is 11.1 Å². The normalized spacial score (nSPS) is 15.1. The molecule has 2 aromatic rings. The van der Waals surface area contributed by atoms with E-state index in [-0.39, 0.29) is 40.0 Å². The van der Waals surface area contributed by atoms with Gasteiger partial charge in [0.2, 0.25) is 0 Å². The third-order valence-electron chi connectivity index (χ3n) is 4.03. The highest BCUT2D eigenvalue weighted by Crippen LogP contribution is 2.39. The number of hydrogen-bond donors (Lipinski definition) is 0. The largest absolute Gasteiger partial charge is 0.493 e. The van der Waals surface area contributed by atoms with E-state index < -0.39 is 0 Å². The molecule has 150 valence electrons. The minimum absolute atomic E-state index is 0.155. The summed E-state index contributed by atoms with van der Waals surface area (Å²) in [4.78, 5) is 25.7. The van der Waals surface area contributed by atoms with Gasteiger partial charge in [0.1, 0.15) is 12.4 Å². The van der Waals surface area contributed by atoms with Crippen molar-refractivity contribution in [3.63, 3.8) is 0 Å². The Hall–Kier alpha value is -2.77. The second-order valence-electron chi connectivity index (χ2n) is 6.03. The minimum atomic E-state index is -0.383. The summed E-state index contributed by atoms with van der Waals surface area (Å²) >= 11 is 7.21. The van der Waals surface area contributed by atoms with Gasteiger partial charge >= 0.3 is 0 Å². The van der Waals surface area contributed by atoms with Gasteiger partial charge in [0, 0.05) is 6.54 Å². The van der Waals surface area contributed by atoms with Gasteiger partial charge in [-0.05, 0) is 53.2 Å². The Morgan fingerprint density at radius 3 is 2.62 bits per heavy atom. The molecule has 0 aliphatic carbocycles. The number of carbonyl (C=O) groups excluding carboxylic acids is 2. The van der Waals surface area contributed by atoms with Crippen LogP contribution in [0.25, 0.3) is 6.08 Å². The van der Waals surface area contributed by atoms with E-state index in [1.54, 1.807) is 30.3 Å². The smallest absolute Gasteiger partial charge is 0.293 e. The van der Waals surface area contributed by atoms with Crippen LogP contribution in [0.5, 0.6) is 11.5 Å². The van der Waals surface area contributed by atoms with Crippen LogP contribution in [-0.2, 0) is 11.4 Å². The third-order valence-corrected chi connectivity index (χ3v) is 5.22. The van der Waals surface area contributed by atoms with Crippen LogP contribution >= 0.6 is 23.4 Å². The van der Waals surface area contributed by atoms with Crippen LogP contribution in [0.4, 0.5) is 9.18 Å². The van der Waals surface area contributed by atoms with Gasteiger partial charge in [-0.2, -0.15) is 0 Å². The molecule has 0 aromatic heterocycles. The number of amides is 2. The zero-order chi connectivity index (χ0) is 21.0. The van der Waals surface area contributed by atoms with Crippen molar-refractivity contribution in [2.45, 2.75) is 6.61 Å². The molecule has 0 unspecified atom stereocenters. The molecule has 1 aliphatic heterocycles. The van der Waals surface area contributed by atoms with E-state index in [1.165, 1.54) is 25.3 Å². The highest BCUT2D eigenvalue weighted by atomic mass is 35.5. The fourth-order valence-corrected chi connectivity index (χ4v) is 3.76. The number of ether oxygens (including phenoxy) is 2. The number of carbonyl (C=O) groups is 2. The van der Waals surface area contributed by atoms with E-state index in [9.17, 15) is 14.0 Å². The summed E-state index contributed by atoms with van der Waals surface area (Å²) in [6.45, 7) is 3.88. The summed E-state index contributed by atoms with van der Waals surface area (Å²) in [5, 5.41) is -0.0681. The number of benzene rings is 2. The zero-order valence-corrected chi connectivity index (χ0v) is 17.1. The molecule has 1 aliphatic rings. The maximum absolute atomic E-state index is 13.0. The fourth-order valence-electron chi connectivity index (χ4n) is 2.64. The van der Waals surface area contributed by atoms with Crippen LogP contribution in [0.15, 0.2) is 54.0 Å². The number of halogens is 2. The quantitative estimate of drug-likeness (QED) is 0.438. The molecule has 0 N–H and O–H groups in total. The minimum Gasteiger partial charge on any atom is -0.493 e. The molecule has 1 saturated heterocycles. The standard InChI is InChI=1S/C21H17ClFNO4S/c1-3-8-24-20(25)18(29-21(24)26)11-14-9-16(22)19(17(10-14)27-2)28-12-13-4-6-15(23)7-5-13/h3-7,9-11H,1,8,12H2,2H3/b18-11+. The molecular weight excluding hydrogens is 417 g/mol. The van der Waals surface area contributed by atoms with E-state index in [1.807, 2.05) is 0 Å². The molecule has 0 radical (unpaired) electrons. The van der Waals surface area contributed by atoms with Crippen molar-refractivity contribution >= 4 is 40.6 Å². The lowest BCUT2D eigenvalue weighted by molar-refractivity contribution is -0.122. The van der Waals surface area contributed by atoms with Crippen LogP contribution in [0, 0.1) is 5.82 Å². The maximum Gasteiger partial charge on any atom is 0.293 e. The molecule has 29 heavy (non-hydrogen) atoms. The third kappa shape index (κ3) is 4.81. The second kappa shape index (κ2) is 9.15. The highest BCUT2D eigenvalue weighted by Gasteiger charge is 2.34. The Morgan fingerprint density at radius 2 is 1.97 bits per heavy atom. The first-order chi connectivity index (χ1) is 13.9. The Bertz CT molecular complexity index is 991. The first-order valence-corrected chi connectivity index (χ1v) is 9.73. The topological polar surface area (TPSA) is 55.8 Å². The van der Waals surface area contributed by atoms with Gasteiger partial charge in [-0.1, -0.05) is 29.8 Å². The average Bonchev–Trinajstić information content (AvgIpc) is 2.96. The predicted molar refractivity (Wildman–Crippen MR) is 112 cm³/mol. The van der Waals surface area contributed by atoms with Gasteiger partial charge in [-0.25, -0.2) is 4.39 Å². The number of imide groups is 1. The van der Waals surface area contributed by atoms with Crippen molar-refractivity contribution in [2.75, 3.05) is 13.7 Å². The molecule has 8 heteroatoms. The van der Waals surface area contributed by atoms with Crippen LogP contribution in [-0.4, -0.2) is 29.7 Å². The molecule has 0 atom stereocenters. The number of nitrogens with zero attached hydrogens (tertiary/aromatic N) is 1. The summed E-state index contributed by atoms with van der Waals surface area (Å²) in [7, 11) is 1.47. The number of thioether (sulfide) groups is 1. The molecule has 1 heterocycles. The van der Waals surface area contributed by atoms with Gasteiger partial charge in [-0.15, -0.1) is 6.58 Å². The molecule has 3 rings (SSSR count). The molecular formula is C21H17ClFNO4S. The number of methoxy groups -OCH3 is 1. The molecule has 1 fully saturated rings. The lowest BCUT2D eigenvalue weighted by Gasteiger charge is -2.13. The number of hydrogen-bond acceptors (Lipinski definition) is 5. The van der Waals surface area contributed by atoms with Crippen LogP contribution in [0.3, 0.4) is 0 Å². The van der Waals surface area contributed by atoms with Crippen molar-refractivity contribution in [3.8, 4) is 11.5 Å². The van der Waals surface area contributed by atoms with Gasteiger partial charge in [0.05, 0.1) is 17.0 Å². The summed E-state index contributed by atoms with van der Waals surface area (Å²) in [5.41, 5.74) is 1.36. The highest BCUT2D eigenvalue weighted by molar-refractivity contribution is 8.18. The molecule has 2 amide bonds. The van der Waals surface area contributed by atoms with Crippen LogP contribution < -0.4 is 9.47 Å². The first-order valence-electron chi connectivity index (χ1n) is 8.54. The van der Waals surface area contributed by atoms with Gasteiger partial charge in [-0.3, -0.25) is 14.5 Å². The zero-order valence-electron chi connectivity index (χ0n) is 15.5. The predicted octanol–water partition coefficient (Wildman–Crippen LogP) is 5.29. The van der Waals surface area contributed by atoms with Crippen LogP contribution in [0.2, 0.25) is 5.02 Å². The Labute approximate surface area is 176 Å². The average molecular weight is 434 g/mol. The maximum atomic E-state index is 13.0. The van der Waals surface area contributed by atoms with Crippen molar-refractivity contribution in [1.82, 2.24) is 4.90 Å². The van der Waals surface area contributed by atoms with Gasteiger partial charge < -0.3 is 9.47 Å². The fraction of sp³-hybridized carbons (Fsp3) is 0.143. The van der Waals surface area contributed by atoms with Crippen molar-refractivity contribution in [2.24, 2.45) is 0 Å². The summed E-state index contributed by atoms with van der Waals surface area (Å²) < 4.78 is 24.1. The molecule has 5 nitrogen and oxygen atoms in total. The Balaban J connectivity index is 1.83. The summed E-state index contributed by atoms with van der Waals surface area (Å²) in [6, 6.07) is 9.20. The second-order valence-corrected chi connectivity index (χ2v) is 7.43. The van der Waals surface area contributed by atoms with E-state index in [4.69, 9.17) is 21.1 Å². The lowest BCUT2D eigenvalue weighted by atomic mass is 10.1. The molecule has 0 saturated carbocycles. The van der Waals surface area contributed by atoms with E-state index >= 15 is 0 Å². The number of rotatable bonds is 7. The lowest BCUT2D eigenvalue weighted by Crippen LogP contribution is -2.27. The SMILES string of the molecule is C=CCN1C(=O)S/C(=C/c2cc(Cl)c(OCc3ccc(F)cc3)c(OC)c2)C1=O. The molecule has 0 bridgehead atoms. The summed E-state index contributed by atoms with van der Waals surface area (Å²) in [6.07, 6.45) is 3.07. The molecule has 2 aromatic carbocycles. The van der Waals surface area contributed by atoms with E-state index in [0.717, 1.165) is 22.2 Å². The first kappa shape index (κ1) is 21.0. The Morgan fingerprint density at radius 1 is 1.24 bits per heavy atom. The van der Waals surface area contributed by atoms with E-state index in [0.29, 0.717) is 17.1 Å². The van der Waals surface area contributed by atoms with E-state index in [2.05, 4.69) is 6.58 Å². The summed E-state index contributed by atoms with van der Waals surface area (Å²) in [5.74, 6) is -0.00979. The van der Waals surface area contributed by atoms with Crippen molar-refractivity contribution < 1.29 is 23.5 Å².